The van der Waals surface area contributed by atoms with Gasteiger partial charge in [0.15, 0.2) is 0 Å². The molecule has 30 heavy (non-hydrogen) atoms. The van der Waals surface area contributed by atoms with Crippen LogP contribution in [0.3, 0.4) is 0 Å². The lowest BCUT2D eigenvalue weighted by molar-refractivity contribution is -0.142. The molecular weight excluding hydrogens is 393 g/mol. The number of methoxy groups -OCH3 is 1. The van der Waals surface area contributed by atoms with Crippen molar-refractivity contribution in [1.29, 1.82) is 0 Å². The summed E-state index contributed by atoms with van der Waals surface area (Å²) in [5.41, 5.74) is 3.14. The molecule has 0 amide bonds. The summed E-state index contributed by atoms with van der Waals surface area (Å²) in [5.74, 6) is -0.746. The first-order valence-corrected chi connectivity index (χ1v) is 9.61. The van der Waals surface area contributed by atoms with E-state index >= 15 is 0 Å². The number of rotatable bonds is 6. The maximum atomic E-state index is 14.5. The predicted molar refractivity (Wildman–Crippen MR) is 107 cm³/mol. The maximum Gasteiger partial charge on any atom is 0.528 e. The molecule has 0 aromatic heterocycles. The Morgan fingerprint density at radius 3 is 2.60 bits per heavy atom. The van der Waals surface area contributed by atoms with E-state index in [1.165, 1.54) is 18.2 Å². The van der Waals surface area contributed by atoms with E-state index in [2.05, 4.69) is 0 Å². The molecule has 0 radical (unpaired) electrons. The van der Waals surface area contributed by atoms with Crippen LogP contribution in [0.25, 0.3) is 11.1 Å². The van der Waals surface area contributed by atoms with E-state index in [4.69, 9.17) is 19.4 Å². The number of carbonyl (C=O) groups excluding carboxylic acids is 1. The van der Waals surface area contributed by atoms with Gasteiger partial charge in [0.2, 0.25) is 0 Å². The van der Waals surface area contributed by atoms with E-state index < -0.39 is 12.1 Å². The van der Waals surface area contributed by atoms with E-state index in [-0.39, 0.29) is 24.9 Å². The lowest BCUT2D eigenvalue weighted by Gasteiger charge is -2.29. The van der Waals surface area contributed by atoms with Crippen molar-refractivity contribution in [3.63, 3.8) is 0 Å². The van der Waals surface area contributed by atoms with Crippen molar-refractivity contribution < 1.29 is 33.4 Å². The number of halogens is 1. The molecule has 0 saturated heterocycles. The van der Waals surface area contributed by atoms with E-state index in [1.54, 1.807) is 38.1 Å². The van der Waals surface area contributed by atoms with Crippen molar-refractivity contribution in [3.05, 3.63) is 52.8 Å². The second-order valence-corrected chi connectivity index (χ2v) is 7.28. The standard InChI is InChI=1S/C22H24FNO6/c1-13(2)29-22(27)30-24-9-8-16-18(12-24)15(5-6-19(16)23)17-10-14(11-21(25)26)4-7-20(17)28-3/h4-7,10,13H,8-9,11-12H2,1-3H3,(H,25,26). The van der Waals surface area contributed by atoms with Crippen molar-refractivity contribution in [2.24, 2.45) is 0 Å². The molecule has 0 spiro atoms. The lowest BCUT2D eigenvalue weighted by atomic mass is 9.90. The zero-order valence-corrected chi connectivity index (χ0v) is 17.1. The van der Waals surface area contributed by atoms with Gasteiger partial charge < -0.3 is 19.4 Å². The largest absolute Gasteiger partial charge is 0.528 e. The number of aliphatic carboxylic acids is 1. The third-order valence-electron chi connectivity index (χ3n) is 4.76. The van der Waals surface area contributed by atoms with Crippen LogP contribution in [0.15, 0.2) is 30.3 Å². The first-order valence-electron chi connectivity index (χ1n) is 9.61. The van der Waals surface area contributed by atoms with Crippen LogP contribution in [-0.2, 0) is 33.8 Å². The molecule has 0 fully saturated rings. The van der Waals surface area contributed by atoms with Gasteiger partial charge in [0.1, 0.15) is 11.6 Å². The number of fused-ring (bicyclic) bond motifs is 1. The molecule has 3 rings (SSSR count). The molecule has 2 aromatic carbocycles. The van der Waals surface area contributed by atoms with Crippen molar-refractivity contribution >= 4 is 12.1 Å². The quantitative estimate of drug-likeness (QED) is 0.712. The number of hydrogen-bond donors (Lipinski definition) is 1. The van der Waals surface area contributed by atoms with E-state index in [0.29, 0.717) is 46.5 Å². The second-order valence-electron chi connectivity index (χ2n) is 7.28. The smallest absolute Gasteiger partial charge is 0.496 e. The van der Waals surface area contributed by atoms with Gasteiger partial charge in [-0.1, -0.05) is 12.1 Å². The van der Waals surface area contributed by atoms with Gasteiger partial charge in [-0.3, -0.25) is 4.79 Å². The summed E-state index contributed by atoms with van der Waals surface area (Å²) < 4.78 is 25.0. The zero-order valence-electron chi connectivity index (χ0n) is 17.1. The van der Waals surface area contributed by atoms with Crippen molar-refractivity contribution in [2.75, 3.05) is 13.7 Å². The number of ether oxygens (including phenoxy) is 2. The first kappa shape index (κ1) is 21.6. The van der Waals surface area contributed by atoms with Crippen molar-refractivity contribution in [2.45, 2.75) is 39.3 Å². The minimum absolute atomic E-state index is 0.142. The minimum atomic E-state index is -0.949. The highest BCUT2D eigenvalue weighted by molar-refractivity contribution is 5.77. The summed E-state index contributed by atoms with van der Waals surface area (Å²) in [6, 6.07) is 8.13. The highest BCUT2D eigenvalue weighted by Crippen LogP contribution is 2.37. The molecule has 160 valence electrons. The number of hydroxylamine groups is 2. The Balaban J connectivity index is 1.99. The van der Waals surface area contributed by atoms with Gasteiger partial charge in [-0.05, 0) is 60.7 Å². The van der Waals surface area contributed by atoms with E-state index in [0.717, 1.165) is 0 Å². The Kier molecular flexibility index (Phi) is 6.56. The summed E-state index contributed by atoms with van der Waals surface area (Å²) in [5, 5.41) is 10.6. The molecule has 0 saturated carbocycles. The minimum Gasteiger partial charge on any atom is -0.496 e. The van der Waals surface area contributed by atoms with E-state index in [1.807, 2.05) is 0 Å². The van der Waals surface area contributed by atoms with Crippen LogP contribution >= 0.6 is 0 Å². The van der Waals surface area contributed by atoms with Crippen LogP contribution in [0, 0.1) is 5.82 Å². The van der Waals surface area contributed by atoms with Gasteiger partial charge >= 0.3 is 12.1 Å². The molecule has 8 heteroatoms. The van der Waals surface area contributed by atoms with Gasteiger partial charge in [0.05, 0.1) is 26.2 Å². The molecule has 0 unspecified atom stereocenters. The zero-order chi connectivity index (χ0) is 21.8. The highest BCUT2D eigenvalue weighted by atomic mass is 19.1. The summed E-state index contributed by atoms with van der Waals surface area (Å²) in [6.07, 6.45) is -0.922. The average molecular weight is 417 g/mol. The third-order valence-corrected chi connectivity index (χ3v) is 4.76. The van der Waals surface area contributed by atoms with Crippen molar-refractivity contribution in [3.8, 4) is 16.9 Å². The first-order chi connectivity index (χ1) is 14.3. The molecule has 1 heterocycles. The van der Waals surface area contributed by atoms with E-state index in [9.17, 15) is 14.0 Å². The van der Waals surface area contributed by atoms with Crippen LogP contribution in [0.5, 0.6) is 5.75 Å². The normalized spacial score (nSPS) is 13.6. The van der Waals surface area contributed by atoms with Gasteiger partial charge in [-0.2, -0.15) is 0 Å². The average Bonchev–Trinajstić information content (AvgIpc) is 2.67. The molecule has 2 aromatic rings. The Morgan fingerprint density at radius 1 is 1.17 bits per heavy atom. The van der Waals surface area contributed by atoms with Crippen LogP contribution in [0.4, 0.5) is 9.18 Å². The summed E-state index contributed by atoms with van der Waals surface area (Å²) in [6.45, 7) is 3.94. The fourth-order valence-electron chi connectivity index (χ4n) is 3.51. The fraction of sp³-hybridized carbons (Fsp3) is 0.364. The summed E-state index contributed by atoms with van der Waals surface area (Å²) in [4.78, 5) is 28.3. The Labute approximate surface area is 173 Å². The Hall–Kier alpha value is -3.13. The third kappa shape index (κ3) is 4.88. The number of benzene rings is 2. The Bertz CT molecular complexity index is 959. The summed E-state index contributed by atoms with van der Waals surface area (Å²) >= 11 is 0. The molecular formula is C22H24FNO6. The number of nitrogens with zero attached hydrogens (tertiary/aromatic N) is 1. The van der Waals surface area contributed by atoms with Crippen LogP contribution in [0.2, 0.25) is 0 Å². The number of carboxylic acid groups (broad SMARTS) is 1. The second kappa shape index (κ2) is 9.13. The number of hydrogen-bond acceptors (Lipinski definition) is 6. The van der Waals surface area contributed by atoms with Gasteiger partial charge in [-0.15, -0.1) is 5.06 Å². The van der Waals surface area contributed by atoms with Gasteiger partial charge in [-0.25, -0.2) is 9.18 Å². The fourth-order valence-corrected chi connectivity index (χ4v) is 3.51. The van der Waals surface area contributed by atoms with Gasteiger partial charge in [0.25, 0.3) is 0 Å². The molecule has 7 nitrogen and oxygen atoms in total. The van der Waals surface area contributed by atoms with Crippen molar-refractivity contribution in [1.82, 2.24) is 5.06 Å². The number of carbonyl (C=O) groups is 2. The van der Waals surface area contributed by atoms with Crippen LogP contribution < -0.4 is 4.74 Å². The Morgan fingerprint density at radius 2 is 1.93 bits per heavy atom. The monoisotopic (exact) mass is 417 g/mol. The molecule has 0 bridgehead atoms. The summed E-state index contributed by atoms with van der Waals surface area (Å²) in [7, 11) is 1.52. The lowest BCUT2D eigenvalue weighted by Crippen LogP contribution is -2.34. The predicted octanol–water partition coefficient (Wildman–Crippen LogP) is 3.96. The molecule has 0 atom stereocenters. The molecule has 1 aliphatic heterocycles. The molecule has 1 N–H and O–H groups in total. The van der Waals surface area contributed by atoms with Gasteiger partial charge in [0, 0.05) is 12.1 Å². The highest BCUT2D eigenvalue weighted by Gasteiger charge is 2.26. The van der Waals surface area contributed by atoms with Crippen LogP contribution in [-0.4, -0.2) is 42.1 Å². The molecule has 0 aliphatic carbocycles. The molecule has 1 aliphatic rings. The SMILES string of the molecule is COc1ccc(CC(=O)O)cc1-c1ccc(F)c2c1CN(OC(=O)OC(C)C)CC2. The maximum absolute atomic E-state index is 14.5. The number of carboxylic acids is 1. The topological polar surface area (TPSA) is 85.3 Å². The van der Waals surface area contributed by atoms with Crippen LogP contribution in [0.1, 0.15) is 30.5 Å².